The lowest BCUT2D eigenvalue weighted by Gasteiger charge is -2.23. The largest absolute Gasteiger partial charge is 0.366 e. The van der Waals surface area contributed by atoms with Gasteiger partial charge in [0.15, 0.2) is 5.65 Å². The fraction of sp³-hybridized carbons (Fsp3) is 0.350. The molecule has 4 heterocycles. The van der Waals surface area contributed by atoms with Crippen LogP contribution in [0.3, 0.4) is 0 Å². The summed E-state index contributed by atoms with van der Waals surface area (Å²) >= 11 is 0. The van der Waals surface area contributed by atoms with Crippen LogP contribution in [0.25, 0.3) is 16.7 Å². The number of benzene rings is 1. The molecule has 0 unspecified atom stereocenters. The highest BCUT2D eigenvalue weighted by atomic mass is 15.3. The van der Waals surface area contributed by atoms with E-state index in [1.54, 1.807) is 6.33 Å². The molecule has 1 fully saturated rings. The summed E-state index contributed by atoms with van der Waals surface area (Å²) in [7, 11) is 0. The van der Waals surface area contributed by atoms with E-state index >= 15 is 0 Å². The van der Waals surface area contributed by atoms with Crippen LogP contribution in [0, 0.1) is 6.92 Å². The average Bonchev–Trinajstić information content (AvgIpc) is 3.33. The van der Waals surface area contributed by atoms with Crippen molar-refractivity contribution in [2.45, 2.75) is 32.2 Å². The van der Waals surface area contributed by atoms with E-state index in [-0.39, 0.29) is 0 Å². The first-order chi connectivity index (χ1) is 13.3. The first kappa shape index (κ1) is 16.3. The number of hydrogen-bond acceptors (Lipinski definition) is 5. The van der Waals surface area contributed by atoms with Crippen LogP contribution in [0.15, 0.2) is 36.8 Å². The first-order valence-electron chi connectivity index (χ1n) is 9.50. The molecule has 5 rings (SSSR count). The maximum atomic E-state index is 4.93. The van der Waals surface area contributed by atoms with Crippen molar-refractivity contribution in [3.05, 3.63) is 53.6 Å². The van der Waals surface area contributed by atoms with Crippen molar-refractivity contribution in [2.24, 2.45) is 0 Å². The Kier molecular flexibility index (Phi) is 4.01. The Labute approximate surface area is 157 Å². The molecule has 0 atom stereocenters. The molecule has 1 aliphatic rings. The first-order valence-corrected chi connectivity index (χ1v) is 9.50. The highest BCUT2D eigenvalue weighted by Crippen LogP contribution is 2.27. The Morgan fingerprint density at radius 2 is 2.11 bits per heavy atom. The van der Waals surface area contributed by atoms with E-state index in [0.29, 0.717) is 12.5 Å². The normalized spacial score (nSPS) is 15.6. The molecule has 0 amide bonds. The van der Waals surface area contributed by atoms with Crippen LogP contribution in [-0.2, 0) is 6.54 Å². The average molecular weight is 361 g/mol. The van der Waals surface area contributed by atoms with E-state index in [1.165, 1.54) is 5.56 Å². The molecule has 3 N–H and O–H groups in total. The lowest BCUT2D eigenvalue weighted by Crippen LogP contribution is -2.27. The van der Waals surface area contributed by atoms with Crippen LogP contribution >= 0.6 is 0 Å². The molecule has 0 saturated carbocycles. The van der Waals surface area contributed by atoms with Gasteiger partial charge in [-0.2, -0.15) is 9.61 Å². The van der Waals surface area contributed by atoms with Crippen molar-refractivity contribution >= 4 is 22.5 Å². The predicted molar refractivity (Wildman–Crippen MR) is 106 cm³/mol. The van der Waals surface area contributed by atoms with E-state index in [9.17, 15) is 0 Å². The van der Waals surface area contributed by atoms with Gasteiger partial charge in [-0.25, -0.2) is 9.97 Å². The summed E-state index contributed by atoms with van der Waals surface area (Å²) in [6, 6.07) is 8.47. The number of rotatable bonds is 4. The second-order valence-corrected chi connectivity index (χ2v) is 7.26. The number of aromatic nitrogens is 5. The van der Waals surface area contributed by atoms with Gasteiger partial charge < -0.3 is 15.6 Å². The van der Waals surface area contributed by atoms with E-state index in [4.69, 9.17) is 4.98 Å². The Morgan fingerprint density at radius 1 is 1.22 bits per heavy atom. The molecular weight excluding hydrogens is 338 g/mol. The zero-order valence-corrected chi connectivity index (χ0v) is 15.4. The third-order valence-corrected chi connectivity index (χ3v) is 5.38. The van der Waals surface area contributed by atoms with Crippen LogP contribution in [0.4, 0.5) is 5.82 Å². The summed E-state index contributed by atoms with van der Waals surface area (Å²) in [6.45, 7) is 4.90. The lowest BCUT2D eigenvalue weighted by atomic mass is 9.94. The number of anilines is 1. The van der Waals surface area contributed by atoms with Gasteiger partial charge in [0.1, 0.15) is 5.82 Å². The number of aromatic amines is 1. The number of fused-ring (bicyclic) bond motifs is 2. The van der Waals surface area contributed by atoms with Crippen LogP contribution in [0.5, 0.6) is 0 Å². The van der Waals surface area contributed by atoms with Crippen LogP contribution in [-0.4, -0.2) is 37.7 Å². The Hall–Kier alpha value is -2.93. The van der Waals surface area contributed by atoms with E-state index < -0.39 is 0 Å². The van der Waals surface area contributed by atoms with Gasteiger partial charge in [0, 0.05) is 29.8 Å². The predicted octanol–water partition coefficient (Wildman–Crippen LogP) is 2.99. The molecule has 0 radical (unpaired) electrons. The van der Waals surface area contributed by atoms with Crippen molar-refractivity contribution in [2.75, 3.05) is 18.4 Å². The third-order valence-electron chi connectivity index (χ3n) is 5.38. The summed E-state index contributed by atoms with van der Waals surface area (Å²) in [5.41, 5.74) is 6.44. The molecule has 1 aliphatic heterocycles. The highest BCUT2D eigenvalue weighted by molar-refractivity contribution is 5.75. The third kappa shape index (κ3) is 3.04. The van der Waals surface area contributed by atoms with Gasteiger partial charge in [-0.1, -0.05) is 6.07 Å². The Balaban J connectivity index is 1.47. The van der Waals surface area contributed by atoms with Gasteiger partial charge >= 0.3 is 0 Å². The molecule has 7 nitrogen and oxygen atoms in total. The van der Waals surface area contributed by atoms with Gasteiger partial charge in [-0.05, 0) is 50.6 Å². The quantitative estimate of drug-likeness (QED) is 0.520. The minimum absolute atomic E-state index is 0.506. The van der Waals surface area contributed by atoms with Gasteiger partial charge in [-0.3, -0.25) is 0 Å². The zero-order valence-electron chi connectivity index (χ0n) is 15.4. The number of nitrogens with one attached hydrogen (secondary N) is 3. The topological polar surface area (TPSA) is 82.9 Å². The zero-order chi connectivity index (χ0) is 18.2. The fourth-order valence-corrected chi connectivity index (χ4v) is 3.82. The Bertz CT molecular complexity index is 1090. The monoisotopic (exact) mass is 361 g/mol. The van der Waals surface area contributed by atoms with Crippen molar-refractivity contribution in [1.29, 1.82) is 0 Å². The molecule has 0 bridgehead atoms. The van der Waals surface area contributed by atoms with Crippen LogP contribution < -0.4 is 10.6 Å². The van der Waals surface area contributed by atoms with Crippen LogP contribution in [0.2, 0.25) is 0 Å². The molecule has 0 spiro atoms. The number of nitrogens with zero attached hydrogens (tertiary/aromatic N) is 4. The molecular formula is C20H23N7. The van der Waals surface area contributed by atoms with Gasteiger partial charge in [0.05, 0.1) is 23.6 Å². The highest BCUT2D eigenvalue weighted by Gasteiger charge is 2.19. The van der Waals surface area contributed by atoms with E-state index in [1.807, 2.05) is 10.7 Å². The van der Waals surface area contributed by atoms with Crippen molar-refractivity contribution in [3.8, 4) is 0 Å². The molecule has 0 aliphatic carbocycles. The van der Waals surface area contributed by atoms with Crippen molar-refractivity contribution < 1.29 is 0 Å². The van der Waals surface area contributed by atoms with Gasteiger partial charge in [0.2, 0.25) is 0 Å². The molecule has 1 saturated heterocycles. The number of imidazole rings is 1. The van der Waals surface area contributed by atoms with E-state index in [2.05, 4.69) is 56.9 Å². The summed E-state index contributed by atoms with van der Waals surface area (Å²) in [6.07, 6.45) is 5.87. The number of H-pyrrole nitrogens is 1. The van der Waals surface area contributed by atoms with Gasteiger partial charge in [0.25, 0.3) is 0 Å². The number of piperidine rings is 1. The fourth-order valence-electron chi connectivity index (χ4n) is 3.82. The maximum Gasteiger partial charge on any atom is 0.160 e. The minimum atomic E-state index is 0.506. The standard InChI is InChI=1S/C20H23N7/c1-13-10-25-27-19(9-17(26-20(13)27)15-4-6-21-7-5-15)22-11-14-2-3-16-18(8-14)24-12-23-16/h2-3,8-10,12,15,21-22H,4-7,11H2,1H3,(H,23,24). The van der Waals surface area contributed by atoms with E-state index in [0.717, 1.165) is 59.7 Å². The van der Waals surface area contributed by atoms with Crippen LogP contribution in [0.1, 0.15) is 35.6 Å². The number of hydrogen-bond donors (Lipinski definition) is 3. The summed E-state index contributed by atoms with van der Waals surface area (Å²) in [4.78, 5) is 12.4. The molecule has 138 valence electrons. The molecule has 27 heavy (non-hydrogen) atoms. The Morgan fingerprint density at radius 3 is 3.00 bits per heavy atom. The number of aryl methyl sites for hydroxylation is 1. The second-order valence-electron chi connectivity index (χ2n) is 7.26. The van der Waals surface area contributed by atoms with Gasteiger partial charge in [-0.15, -0.1) is 0 Å². The van der Waals surface area contributed by atoms with Crippen molar-refractivity contribution in [3.63, 3.8) is 0 Å². The SMILES string of the molecule is Cc1cnn2c(NCc3ccc4[nH]cnc4c3)cc(C3CCNCC3)nc12. The summed E-state index contributed by atoms with van der Waals surface area (Å²) < 4.78 is 1.91. The maximum absolute atomic E-state index is 4.93. The molecule has 1 aromatic carbocycles. The summed E-state index contributed by atoms with van der Waals surface area (Å²) in [5.74, 6) is 1.50. The minimum Gasteiger partial charge on any atom is -0.366 e. The molecule has 7 heteroatoms. The summed E-state index contributed by atoms with van der Waals surface area (Å²) in [5, 5.41) is 11.5. The lowest BCUT2D eigenvalue weighted by molar-refractivity contribution is 0.453. The molecule has 3 aromatic heterocycles. The smallest absolute Gasteiger partial charge is 0.160 e. The molecule has 4 aromatic rings. The second kappa shape index (κ2) is 6.66. The van der Waals surface area contributed by atoms with Crippen molar-refractivity contribution in [1.82, 2.24) is 29.9 Å².